The summed E-state index contributed by atoms with van der Waals surface area (Å²) in [5, 5.41) is 2.73. The van der Waals surface area contributed by atoms with Crippen molar-refractivity contribution in [3.8, 4) is 11.8 Å². The fourth-order valence-corrected chi connectivity index (χ4v) is 1.73. The molecular weight excluding hydrogens is 293 g/mol. The van der Waals surface area contributed by atoms with Crippen LogP contribution < -0.4 is 11.1 Å². The third kappa shape index (κ3) is 4.02. The van der Waals surface area contributed by atoms with Crippen LogP contribution in [0.4, 0.5) is 10.2 Å². The maximum Gasteiger partial charge on any atom is 0.259 e. The molecule has 0 saturated heterocycles. The van der Waals surface area contributed by atoms with E-state index in [9.17, 15) is 9.18 Å². The van der Waals surface area contributed by atoms with Crippen molar-refractivity contribution < 1.29 is 9.18 Å². The van der Waals surface area contributed by atoms with Gasteiger partial charge in [-0.15, -0.1) is 0 Å². The van der Waals surface area contributed by atoms with Gasteiger partial charge in [0.05, 0.1) is 12.1 Å². The maximum absolute atomic E-state index is 13.6. The Morgan fingerprint density at radius 3 is 2.90 bits per heavy atom. The van der Waals surface area contributed by atoms with Gasteiger partial charge in [0.1, 0.15) is 17.3 Å². The van der Waals surface area contributed by atoms with Crippen LogP contribution in [-0.2, 0) is 0 Å². The van der Waals surface area contributed by atoms with Crippen molar-refractivity contribution in [1.82, 2.24) is 4.98 Å². The van der Waals surface area contributed by atoms with Gasteiger partial charge in [-0.05, 0) is 36.3 Å². The average Bonchev–Trinajstić information content (AvgIpc) is 2.45. The Hall–Kier alpha value is -2.42. The Morgan fingerprint density at radius 2 is 2.19 bits per heavy atom. The van der Waals surface area contributed by atoms with Crippen LogP contribution in [0.1, 0.15) is 16.1 Å². The third-order valence-corrected chi connectivity index (χ3v) is 2.72. The first-order valence-electron chi connectivity index (χ1n) is 6.02. The summed E-state index contributed by atoms with van der Waals surface area (Å²) >= 11 is 5.64. The number of nitrogens with two attached hydrogens (primary N) is 1. The van der Waals surface area contributed by atoms with Gasteiger partial charge in [-0.3, -0.25) is 4.79 Å². The Bertz CT molecular complexity index is 737. The second-order valence-electron chi connectivity index (χ2n) is 3.99. The molecule has 106 valence electrons. The van der Waals surface area contributed by atoms with Crippen molar-refractivity contribution in [2.24, 2.45) is 5.73 Å². The number of amides is 1. The number of nitrogens with zero attached hydrogens (tertiary/aromatic N) is 1. The van der Waals surface area contributed by atoms with Crippen LogP contribution in [0, 0.1) is 17.7 Å². The van der Waals surface area contributed by atoms with E-state index in [-0.39, 0.29) is 22.9 Å². The van der Waals surface area contributed by atoms with Gasteiger partial charge in [0.25, 0.3) is 5.91 Å². The number of halogens is 2. The SMILES string of the molecule is NCC#Cc1cccc(NC(=O)c2ccc(Cl)cc2F)n1. The molecular formula is C15H11ClFN3O. The molecule has 1 heterocycles. The summed E-state index contributed by atoms with van der Waals surface area (Å²) in [6, 6.07) is 8.77. The predicted molar refractivity (Wildman–Crippen MR) is 79.5 cm³/mol. The van der Waals surface area contributed by atoms with Crippen molar-refractivity contribution in [3.05, 3.63) is 58.5 Å². The van der Waals surface area contributed by atoms with E-state index in [1.54, 1.807) is 18.2 Å². The molecule has 0 atom stereocenters. The van der Waals surface area contributed by atoms with E-state index in [1.165, 1.54) is 12.1 Å². The second-order valence-corrected chi connectivity index (χ2v) is 4.43. The summed E-state index contributed by atoms with van der Waals surface area (Å²) in [5.41, 5.74) is 5.63. The lowest BCUT2D eigenvalue weighted by molar-refractivity contribution is 0.102. The van der Waals surface area contributed by atoms with E-state index in [4.69, 9.17) is 17.3 Å². The number of hydrogen-bond acceptors (Lipinski definition) is 3. The quantitative estimate of drug-likeness (QED) is 0.837. The molecule has 2 rings (SSSR count). The molecule has 4 nitrogen and oxygen atoms in total. The Balaban J connectivity index is 2.19. The number of anilines is 1. The molecule has 0 aliphatic heterocycles. The second kappa shape index (κ2) is 6.84. The minimum Gasteiger partial charge on any atom is -0.320 e. The summed E-state index contributed by atoms with van der Waals surface area (Å²) < 4.78 is 13.6. The number of aromatic nitrogens is 1. The normalized spacial score (nSPS) is 9.67. The van der Waals surface area contributed by atoms with Crippen LogP contribution in [0.5, 0.6) is 0 Å². The molecule has 0 spiro atoms. The summed E-state index contributed by atoms with van der Waals surface area (Å²) in [4.78, 5) is 16.1. The Kier molecular flexibility index (Phi) is 4.88. The van der Waals surface area contributed by atoms with E-state index in [0.717, 1.165) is 6.07 Å². The van der Waals surface area contributed by atoms with Crippen LogP contribution in [0.2, 0.25) is 5.02 Å². The molecule has 0 saturated carbocycles. The number of rotatable bonds is 2. The highest BCUT2D eigenvalue weighted by Gasteiger charge is 2.12. The van der Waals surface area contributed by atoms with E-state index < -0.39 is 11.7 Å². The largest absolute Gasteiger partial charge is 0.320 e. The summed E-state index contributed by atoms with van der Waals surface area (Å²) in [5.74, 6) is 4.38. The molecule has 1 amide bonds. The Labute approximate surface area is 126 Å². The number of nitrogens with one attached hydrogen (secondary N) is 1. The van der Waals surface area contributed by atoms with E-state index >= 15 is 0 Å². The zero-order valence-electron chi connectivity index (χ0n) is 10.9. The number of carbonyl (C=O) groups excluding carboxylic acids is 1. The van der Waals surface area contributed by atoms with E-state index in [2.05, 4.69) is 22.1 Å². The fraction of sp³-hybridized carbons (Fsp3) is 0.0667. The number of carbonyl (C=O) groups is 1. The topological polar surface area (TPSA) is 68.0 Å². The van der Waals surface area contributed by atoms with Crippen LogP contribution >= 0.6 is 11.6 Å². The first-order valence-corrected chi connectivity index (χ1v) is 6.40. The maximum atomic E-state index is 13.6. The minimum atomic E-state index is -0.695. The zero-order chi connectivity index (χ0) is 15.2. The molecule has 6 heteroatoms. The first kappa shape index (κ1) is 15.0. The smallest absolute Gasteiger partial charge is 0.259 e. The van der Waals surface area contributed by atoms with E-state index in [1.807, 2.05) is 0 Å². The first-order chi connectivity index (χ1) is 10.1. The highest BCUT2D eigenvalue weighted by molar-refractivity contribution is 6.30. The molecule has 0 aliphatic rings. The van der Waals surface area contributed by atoms with Crippen molar-refractivity contribution in [2.75, 3.05) is 11.9 Å². The van der Waals surface area contributed by atoms with Gasteiger partial charge in [0.15, 0.2) is 0 Å². The monoisotopic (exact) mass is 303 g/mol. The fourth-order valence-electron chi connectivity index (χ4n) is 1.57. The highest BCUT2D eigenvalue weighted by atomic mass is 35.5. The molecule has 21 heavy (non-hydrogen) atoms. The highest BCUT2D eigenvalue weighted by Crippen LogP contribution is 2.16. The lowest BCUT2D eigenvalue weighted by Crippen LogP contribution is -2.14. The minimum absolute atomic E-state index is 0.111. The molecule has 1 aromatic carbocycles. The van der Waals surface area contributed by atoms with Gasteiger partial charge in [-0.1, -0.05) is 23.6 Å². The number of benzene rings is 1. The van der Waals surface area contributed by atoms with Crippen molar-refractivity contribution in [2.45, 2.75) is 0 Å². The Morgan fingerprint density at radius 1 is 1.38 bits per heavy atom. The third-order valence-electron chi connectivity index (χ3n) is 2.48. The molecule has 0 fully saturated rings. The van der Waals surface area contributed by atoms with Gasteiger partial charge >= 0.3 is 0 Å². The molecule has 0 radical (unpaired) electrons. The van der Waals surface area contributed by atoms with Gasteiger partial charge < -0.3 is 11.1 Å². The molecule has 3 N–H and O–H groups in total. The van der Waals surface area contributed by atoms with Gasteiger partial charge in [-0.25, -0.2) is 9.37 Å². The van der Waals surface area contributed by atoms with Gasteiger partial charge in [-0.2, -0.15) is 0 Å². The van der Waals surface area contributed by atoms with Crippen molar-refractivity contribution in [1.29, 1.82) is 0 Å². The van der Waals surface area contributed by atoms with Gasteiger partial charge in [0.2, 0.25) is 0 Å². The van der Waals surface area contributed by atoms with Gasteiger partial charge in [0, 0.05) is 5.02 Å². The van der Waals surface area contributed by atoms with Crippen LogP contribution in [-0.4, -0.2) is 17.4 Å². The van der Waals surface area contributed by atoms with E-state index in [0.29, 0.717) is 5.69 Å². The van der Waals surface area contributed by atoms with Crippen molar-refractivity contribution >= 4 is 23.3 Å². The van der Waals surface area contributed by atoms with Crippen LogP contribution in [0.3, 0.4) is 0 Å². The summed E-state index contributed by atoms with van der Waals surface area (Å²) in [6.07, 6.45) is 0. The zero-order valence-corrected chi connectivity index (χ0v) is 11.6. The molecule has 1 aromatic heterocycles. The predicted octanol–water partition coefficient (Wildman–Crippen LogP) is 2.44. The summed E-state index contributed by atoms with van der Waals surface area (Å²) in [7, 11) is 0. The summed E-state index contributed by atoms with van der Waals surface area (Å²) in [6.45, 7) is 0.217. The standard InChI is InChI=1S/C15H11ClFN3O/c16-10-6-7-12(13(17)9-10)15(21)20-14-5-1-3-11(19-14)4-2-8-18/h1,3,5-7,9H,8,18H2,(H,19,20,21). The van der Waals surface area contributed by atoms with Crippen LogP contribution in [0.25, 0.3) is 0 Å². The molecule has 0 aliphatic carbocycles. The lowest BCUT2D eigenvalue weighted by atomic mass is 10.2. The average molecular weight is 304 g/mol. The number of pyridine rings is 1. The molecule has 2 aromatic rings. The van der Waals surface area contributed by atoms with Crippen molar-refractivity contribution in [3.63, 3.8) is 0 Å². The van der Waals surface area contributed by atoms with Crippen LogP contribution in [0.15, 0.2) is 36.4 Å². The molecule has 0 unspecified atom stereocenters. The lowest BCUT2D eigenvalue weighted by Gasteiger charge is -2.06. The molecule has 0 bridgehead atoms. The number of hydrogen-bond donors (Lipinski definition) is 2.